The van der Waals surface area contributed by atoms with Crippen LogP contribution in [0.15, 0.2) is 0 Å². The Bertz CT molecular complexity index is 345. The van der Waals surface area contributed by atoms with Crippen LogP contribution in [-0.2, 0) is 0 Å². The van der Waals surface area contributed by atoms with E-state index in [1.54, 1.807) is 6.92 Å². The maximum Gasteiger partial charge on any atom is 0.162 e. The molecule has 0 aliphatic rings. The Balaban J connectivity index is 2.55. The second-order valence-electron chi connectivity index (χ2n) is 2.85. The molecule has 0 radical (unpaired) electrons. The van der Waals surface area contributed by atoms with Gasteiger partial charge in [0.15, 0.2) is 5.15 Å². The van der Waals surface area contributed by atoms with E-state index in [1.807, 2.05) is 6.07 Å². The molecule has 4 nitrogen and oxygen atoms in total. The smallest absolute Gasteiger partial charge is 0.162 e. The topological polar surface area (TPSA) is 68.9 Å². The van der Waals surface area contributed by atoms with Gasteiger partial charge < -0.3 is 10.4 Å². The zero-order chi connectivity index (χ0) is 10.6. The van der Waals surface area contributed by atoms with Crippen LogP contribution >= 0.6 is 23.1 Å². The Morgan fingerprint density at radius 2 is 2.50 bits per heavy atom. The lowest BCUT2D eigenvalue weighted by atomic mass is 10.3. The molecule has 0 unspecified atom stereocenters. The summed E-state index contributed by atoms with van der Waals surface area (Å²) in [5, 5.41) is 21.7. The van der Waals surface area contributed by atoms with E-state index in [1.165, 1.54) is 0 Å². The van der Waals surface area contributed by atoms with Gasteiger partial charge in [0.25, 0.3) is 0 Å². The quantitative estimate of drug-likeness (QED) is 0.830. The molecule has 0 spiro atoms. The fourth-order valence-corrected chi connectivity index (χ4v) is 1.84. The van der Waals surface area contributed by atoms with E-state index in [4.69, 9.17) is 22.0 Å². The fourth-order valence-electron chi connectivity index (χ4n) is 0.883. The van der Waals surface area contributed by atoms with Crippen molar-refractivity contribution in [2.45, 2.75) is 19.4 Å². The average Bonchev–Trinajstić information content (AvgIpc) is 2.46. The molecule has 0 aromatic carbocycles. The van der Waals surface area contributed by atoms with Crippen molar-refractivity contribution in [3.8, 4) is 6.07 Å². The number of nitrogens with zero attached hydrogens (tertiary/aromatic N) is 2. The zero-order valence-corrected chi connectivity index (χ0v) is 9.19. The van der Waals surface area contributed by atoms with Gasteiger partial charge in [-0.2, -0.15) is 9.64 Å². The number of anilines is 1. The van der Waals surface area contributed by atoms with Gasteiger partial charge in [-0.1, -0.05) is 11.6 Å². The van der Waals surface area contributed by atoms with Gasteiger partial charge in [-0.25, -0.2) is 0 Å². The third kappa shape index (κ3) is 2.84. The summed E-state index contributed by atoms with van der Waals surface area (Å²) < 4.78 is 3.84. The molecule has 14 heavy (non-hydrogen) atoms. The zero-order valence-electron chi connectivity index (χ0n) is 7.62. The Morgan fingerprint density at radius 3 is 3.07 bits per heavy atom. The van der Waals surface area contributed by atoms with Gasteiger partial charge in [-0.05, 0) is 24.9 Å². The fraction of sp³-hybridized carbons (Fsp3) is 0.500. The normalized spacial score (nSPS) is 12.1. The largest absolute Gasteiger partial charge is 0.393 e. The van der Waals surface area contributed by atoms with Crippen LogP contribution in [-0.4, -0.2) is 22.1 Å². The maximum atomic E-state index is 9.02. The molecule has 1 aromatic rings. The number of hydrogen-bond acceptors (Lipinski definition) is 5. The van der Waals surface area contributed by atoms with Crippen molar-refractivity contribution in [1.82, 2.24) is 4.37 Å². The molecule has 0 bridgehead atoms. The molecule has 0 fully saturated rings. The minimum atomic E-state index is -0.351. The minimum absolute atomic E-state index is 0.233. The summed E-state index contributed by atoms with van der Waals surface area (Å²) >= 11 is 6.83. The molecule has 2 N–H and O–H groups in total. The lowest BCUT2D eigenvalue weighted by Gasteiger charge is -2.05. The van der Waals surface area contributed by atoms with Gasteiger partial charge in [0.05, 0.1) is 6.10 Å². The Hall–Kier alpha value is -0.830. The Kier molecular flexibility index (Phi) is 4.14. The Labute approximate surface area is 91.3 Å². The van der Waals surface area contributed by atoms with Crippen LogP contribution in [0.2, 0.25) is 5.15 Å². The SMILES string of the molecule is C[C@@H](O)CCNc1snc(Cl)c1C#N. The van der Waals surface area contributed by atoms with E-state index in [9.17, 15) is 0 Å². The van der Waals surface area contributed by atoms with Gasteiger partial charge >= 0.3 is 0 Å². The highest BCUT2D eigenvalue weighted by molar-refractivity contribution is 7.10. The van der Waals surface area contributed by atoms with Gasteiger partial charge in [0, 0.05) is 6.54 Å². The van der Waals surface area contributed by atoms with Crippen molar-refractivity contribution in [2.24, 2.45) is 0 Å². The molecule has 1 atom stereocenters. The summed E-state index contributed by atoms with van der Waals surface area (Å²) in [5.74, 6) is 0. The van der Waals surface area contributed by atoms with E-state index >= 15 is 0 Å². The van der Waals surface area contributed by atoms with Gasteiger partial charge in [-0.3, -0.25) is 0 Å². The van der Waals surface area contributed by atoms with E-state index in [0.29, 0.717) is 23.5 Å². The molecule has 0 aliphatic heterocycles. The molecule has 0 aliphatic carbocycles. The highest BCUT2D eigenvalue weighted by atomic mass is 35.5. The third-order valence-corrected chi connectivity index (χ3v) is 2.79. The number of halogens is 1. The van der Waals surface area contributed by atoms with Crippen molar-refractivity contribution < 1.29 is 5.11 Å². The van der Waals surface area contributed by atoms with Crippen molar-refractivity contribution >= 4 is 28.1 Å². The average molecular weight is 232 g/mol. The number of rotatable bonds is 4. The predicted molar refractivity (Wildman–Crippen MR) is 56.6 cm³/mol. The minimum Gasteiger partial charge on any atom is -0.393 e. The Morgan fingerprint density at radius 1 is 1.79 bits per heavy atom. The van der Waals surface area contributed by atoms with Crippen molar-refractivity contribution in [3.05, 3.63) is 10.7 Å². The van der Waals surface area contributed by atoms with E-state index in [2.05, 4.69) is 9.69 Å². The second kappa shape index (κ2) is 5.15. The van der Waals surface area contributed by atoms with Gasteiger partial charge in [-0.15, -0.1) is 0 Å². The first-order chi connectivity index (χ1) is 6.65. The summed E-state index contributed by atoms with van der Waals surface area (Å²) in [5.41, 5.74) is 0.377. The van der Waals surface area contributed by atoms with Crippen molar-refractivity contribution in [1.29, 1.82) is 5.26 Å². The molecular formula is C8H10ClN3OS. The molecule has 1 heterocycles. The highest BCUT2D eigenvalue weighted by Gasteiger charge is 2.10. The first-order valence-electron chi connectivity index (χ1n) is 4.12. The van der Waals surface area contributed by atoms with Crippen LogP contribution in [0.1, 0.15) is 18.9 Å². The molecule has 76 valence electrons. The van der Waals surface area contributed by atoms with Crippen molar-refractivity contribution in [3.63, 3.8) is 0 Å². The number of aliphatic hydroxyl groups is 1. The predicted octanol–water partition coefficient (Wildman–Crippen LogP) is 1.85. The van der Waals surface area contributed by atoms with E-state index in [-0.39, 0.29) is 11.3 Å². The molecule has 1 rings (SSSR count). The van der Waals surface area contributed by atoms with Crippen LogP contribution in [0, 0.1) is 11.3 Å². The third-order valence-electron chi connectivity index (χ3n) is 1.61. The van der Waals surface area contributed by atoms with Crippen LogP contribution in [0.4, 0.5) is 5.00 Å². The highest BCUT2D eigenvalue weighted by Crippen LogP contribution is 2.27. The van der Waals surface area contributed by atoms with Crippen LogP contribution < -0.4 is 5.32 Å². The first kappa shape index (κ1) is 11.2. The standard InChI is InChI=1S/C8H10ClN3OS/c1-5(13)2-3-11-8-6(4-10)7(9)12-14-8/h5,11,13H,2-3H2,1H3/t5-/m1/s1. The second-order valence-corrected chi connectivity index (χ2v) is 3.99. The van der Waals surface area contributed by atoms with E-state index in [0.717, 1.165) is 11.5 Å². The van der Waals surface area contributed by atoms with Crippen LogP contribution in [0.25, 0.3) is 0 Å². The molecule has 6 heteroatoms. The summed E-state index contributed by atoms with van der Waals surface area (Å²) in [6.07, 6.45) is 0.275. The molecule has 0 saturated heterocycles. The number of hydrogen-bond donors (Lipinski definition) is 2. The number of nitrogens with one attached hydrogen (secondary N) is 1. The molecule has 1 aromatic heterocycles. The number of nitriles is 1. The van der Waals surface area contributed by atoms with Gasteiger partial charge in [0.2, 0.25) is 0 Å². The lowest BCUT2D eigenvalue weighted by Crippen LogP contribution is -2.09. The van der Waals surface area contributed by atoms with Crippen LogP contribution in [0.3, 0.4) is 0 Å². The first-order valence-corrected chi connectivity index (χ1v) is 5.27. The number of aromatic nitrogens is 1. The molecular weight excluding hydrogens is 222 g/mol. The van der Waals surface area contributed by atoms with Crippen LogP contribution in [0.5, 0.6) is 0 Å². The monoisotopic (exact) mass is 231 g/mol. The molecule has 0 amide bonds. The summed E-state index contributed by atoms with van der Waals surface area (Å²) in [6.45, 7) is 2.32. The molecule has 0 saturated carbocycles. The van der Waals surface area contributed by atoms with Gasteiger partial charge in [0.1, 0.15) is 16.6 Å². The maximum absolute atomic E-state index is 9.02. The van der Waals surface area contributed by atoms with E-state index < -0.39 is 0 Å². The lowest BCUT2D eigenvalue weighted by molar-refractivity contribution is 0.189. The number of aliphatic hydroxyl groups excluding tert-OH is 1. The summed E-state index contributed by atoms with van der Waals surface area (Å²) in [7, 11) is 0. The van der Waals surface area contributed by atoms with Crippen molar-refractivity contribution in [2.75, 3.05) is 11.9 Å². The summed E-state index contributed by atoms with van der Waals surface area (Å²) in [4.78, 5) is 0. The summed E-state index contributed by atoms with van der Waals surface area (Å²) in [6, 6.07) is 1.97.